The van der Waals surface area contributed by atoms with E-state index in [1.807, 2.05) is 0 Å². The van der Waals surface area contributed by atoms with E-state index in [1.165, 1.54) is 0 Å². The van der Waals surface area contributed by atoms with Gasteiger partial charge in [0.15, 0.2) is 0 Å². The summed E-state index contributed by atoms with van der Waals surface area (Å²) in [5.74, 6) is 0.495. The minimum Gasteiger partial charge on any atom is -0.379 e. The Bertz CT molecular complexity index is 458. The minimum atomic E-state index is -0.00942. The van der Waals surface area contributed by atoms with Gasteiger partial charge in [0.25, 0.3) is 0 Å². The van der Waals surface area contributed by atoms with Gasteiger partial charge in [0.2, 0.25) is 5.91 Å². The zero-order valence-electron chi connectivity index (χ0n) is 15.2. The maximum absolute atomic E-state index is 12.8. The highest BCUT2D eigenvalue weighted by atomic mass is 16.5. The van der Waals surface area contributed by atoms with Crippen LogP contribution in [0.5, 0.6) is 0 Å². The van der Waals surface area contributed by atoms with Crippen LogP contribution in [0.3, 0.4) is 0 Å². The van der Waals surface area contributed by atoms with Crippen molar-refractivity contribution in [2.75, 3.05) is 53.6 Å². The summed E-state index contributed by atoms with van der Waals surface area (Å²) in [6.07, 6.45) is 9.45. The van der Waals surface area contributed by atoms with E-state index in [9.17, 15) is 4.79 Å². The molecule has 0 saturated carbocycles. The molecule has 24 heavy (non-hydrogen) atoms. The molecule has 0 radical (unpaired) electrons. The van der Waals surface area contributed by atoms with Crippen LogP contribution in [-0.2, 0) is 14.3 Å². The average Bonchev–Trinajstić information content (AvgIpc) is 3.12. The van der Waals surface area contributed by atoms with Crippen molar-refractivity contribution in [1.29, 1.82) is 0 Å². The van der Waals surface area contributed by atoms with Crippen LogP contribution in [0.25, 0.3) is 0 Å². The van der Waals surface area contributed by atoms with Crippen LogP contribution in [0.15, 0.2) is 12.2 Å². The Morgan fingerprint density at radius 3 is 2.92 bits per heavy atom. The summed E-state index contributed by atoms with van der Waals surface area (Å²) in [5, 5.41) is 0. The number of fused-ring (bicyclic) bond motifs is 1. The molecular weight excluding hydrogens is 304 g/mol. The number of carbonyl (C=O) groups excluding carboxylic acids is 1. The van der Waals surface area contributed by atoms with E-state index in [0.717, 1.165) is 65.0 Å². The first-order chi connectivity index (χ1) is 11.6. The van der Waals surface area contributed by atoms with Crippen LogP contribution in [0.2, 0.25) is 0 Å². The second kappa shape index (κ2) is 7.98. The highest BCUT2D eigenvalue weighted by Crippen LogP contribution is 2.41. The molecule has 2 saturated heterocycles. The number of hydrogen-bond donors (Lipinski definition) is 0. The van der Waals surface area contributed by atoms with Crippen molar-refractivity contribution in [3.8, 4) is 0 Å². The van der Waals surface area contributed by atoms with Crippen molar-refractivity contribution in [3.05, 3.63) is 12.2 Å². The molecule has 136 valence electrons. The minimum absolute atomic E-state index is 0.00942. The van der Waals surface area contributed by atoms with Crippen molar-refractivity contribution in [1.82, 2.24) is 9.80 Å². The molecule has 3 rings (SSSR count). The molecule has 0 spiro atoms. The first-order valence-electron chi connectivity index (χ1n) is 9.39. The number of amides is 1. The third kappa shape index (κ3) is 4.01. The molecule has 0 aromatic rings. The van der Waals surface area contributed by atoms with E-state index in [2.05, 4.69) is 36.0 Å². The van der Waals surface area contributed by atoms with E-state index in [4.69, 9.17) is 9.47 Å². The Labute approximate surface area is 146 Å². The van der Waals surface area contributed by atoms with E-state index in [-0.39, 0.29) is 17.4 Å². The van der Waals surface area contributed by atoms with Crippen molar-refractivity contribution >= 4 is 5.91 Å². The van der Waals surface area contributed by atoms with Gasteiger partial charge in [0.1, 0.15) is 0 Å². The van der Waals surface area contributed by atoms with Crippen molar-refractivity contribution in [3.63, 3.8) is 0 Å². The van der Waals surface area contributed by atoms with Gasteiger partial charge in [-0.25, -0.2) is 0 Å². The van der Waals surface area contributed by atoms with Gasteiger partial charge in [-0.3, -0.25) is 4.79 Å². The predicted octanol–water partition coefficient (Wildman–Crippen LogP) is 1.93. The Balaban J connectivity index is 1.61. The molecule has 1 aliphatic carbocycles. The molecule has 5 heteroatoms. The van der Waals surface area contributed by atoms with E-state index < -0.39 is 0 Å². The van der Waals surface area contributed by atoms with Crippen molar-refractivity contribution in [2.24, 2.45) is 11.3 Å². The maximum atomic E-state index is 12.8. The summed E-state index contributed by atoms with van der Waals surface area (Å²) in [5.41, 5.74) is -0.00942. The first kappa shape index (κ1) is 17.9. The number of piperidine rings is 1. The number of hydrogen-bond acceptors (Lipinski definition) is 4. The van der Waals surface area contributed by atoms with Gasteiger partial charge >= 0.3 is 0 Å². The number of likely N-dealkylation sites (N-methyl/N-ethyl adjacent to an activating group) is 1. The fourth-order valence-electron chi connectivity index (χ4n) is 4.29. The molecule has 3 aliphatic rings. The number of allylic oxidation sites excluding steroid dienone is 2. The largest absolute Gasteiger partial charge is 0.379 e. The Morgan fingerprint density at radius 1 is 1.38 bits per heavy atom. The lowest BCUT2D eigenvalue weighted by molar-refractivity contribution is -0.167. The van der Waals surface area contributed by atoms with E-state index >= 15 is 0 Å². The number of likely N-dealkylation sites (tertiary alicyclic amines) is 1. The van der Waals surface area contributed by atoms with E-state index in [1.54, 1.807) is 0 Å². The maximum Gasteiger partial charge on any atom is 0.226 e. The second-order valence-corrected chi connectivity index (χ2v) is 7.87. The average molecular weight is 336 g/mol. The molecular formula is C19H32N2O3. The molecule has 2 aliphatic heterocycles. The number of carbonyl (C=O) groups is 1. The number of ether oxygens (including phenoxy) is 2. The topological polar surface area (TPSA) is 42.0 Å². The monoisotopic (exact) mass is 336 g/mol. The zero-order chi connectivity index (χ0) is 17.0. The molecule has 0 N–H and O–H groups in total. The predicted molar refractivity (Wildman–Crippen MR) is 93.8 cm³/mol. The molecule has 5 nitrogen and oxygen atoms in total. The summed E-state index contributed by atoms with van der Waals surface area (Å²) in [6, 6.07) is 0. The van der Waals surface area contributed by atoms with Crippen LogP contribution >= 0.6 is 0 Å². The molecule has 1 amide bonds. The van der Waals surface area contributed by atoms with Crippen LogP contribution in [0.4, 0.5) is 0 Å². The second-order valence-electron chi connectivity index (χ2n) is 7.87. The third-order valence-electron chi connectivity index (χ3n) is 5.73. The van der Waals surface area contributed by atoms with Gasteiger partial charge < -0.3 is 19.3 Å². The lowest BCUT2D eigenvalue weighted by Gasteiger charge is -2.50. The fourth-order valence-corrected chi connectivity index (χ4v) is 4.29. The van der Waals surface area contributed by atoms with Crippen molar-refractivity contribution < 1.29 is 14.3 Å². The molecule has 0 aromatic heterocycles. The van der Waals surface area contributed by atoms with Crippen LogP contribution in [0, 0.1) is 11.3 Å². The SMILES string of the molecule is CN(C)CCOC[C@@]12CCCO[C@@H]1CCN(C(=O)C1CC=CC1)C2. The van der Waals surface area contributed by atoms with Crippen LogP contribution in [0.1, 0.15) is 32.1 Å². The van der Waals surface area contributed by atoms with Gasteiger partial charge in [-0.1, -0.05) is 12.2 Å². The Kier molecular flexibility index (Phi) is 5.95. The molecule has 0 unspecified atom stereocenters. The standard InChI is InChI=1S/C19H32N2O3/c1-20(2)11-13-23-15-19-9-5-12-24-17(19)8-10-21(14-19)18(22)16-6-3-4-7-16/h3-4,16-17H,5-15H2,1-2H3/t17-,19+/m1/s1. The van der Waals surface area contributed by atoms with Gasteiger partial charge in [0, 0.05) is 37.6 Å². The molecule has 2 fully saturated rings. The first-order valence-corrected chi connectivity index (χ1v) is 9.39. The third-order valence-corrected chi connectivity index (χ3v) is 5.73. The lowest BCUT2D eigenvalue weighted by atomic mass is 9.72. The smallest absolute Gasteiger partial charge is 0.226 e. The molecule has 2 atom stereocenters. The van der Waals surface area contributed by atoms with E-state index in [0.29, 0.717) is 12.5 Å². The molecule has 0 bridgehead atoms. The number of nitrogens with zero attached hydrogens (tertiary/aromatic N) is 2. The highest BCUT2D eigenvalue weighted by molar-refractivity contribution is 5.79. The number of rotatable bonds is 6. The van der Waals surface area contributed by atoms with Gasteiger partial charge in [-0.05, 0) is 46.2 Å². The quantitative estimate of drug-likeness (QED) is 0.549. The van der Waals surface area contributed by atoms with Crippen molar-refractivity contribution in [2.45, 2.75) is 38.2 Å². The summed E-state index contributed by atoms with van der Waals surface area (Å²) >= 11 is 0. The summed E-state index contributed by atoms with van der Waals surface area (Å²) in [4.78, 5) is 17.1. The fraction of sp³-hybridized carbons (Fsp3) is 0.842. The summed E-state index contributed by atoms with van der Waals surface area (Å²) in [6.45, 7) is 4.86. The van der Waals surface area contributed by atoms with Crippen LogP contribution < -0.4 is 0 Å². The molecule has 0 aromatic carbocycles. The summed E-state index contributed by atoms with van der Waals surface area (Å²) in [7, 11) is 4.12. The zero-order valence-corrected chi connectivity index (χ0v) is 15.2. The van der Waals surface area contributed by atoms with Gasteiger partial charge in [0.05, 0.1) is 19.3 Å². The molecule has 2 heterocycles. The van der Waals surface area contributed by atoms with Gasteiger partial charge in [-0.15, -0.1) is 0 Å². The lowest BCUT2D eigenvalue weighted by Crippen LogP contribution is -2.58. The Hall–Kier alpha value is -0.910. The Morgan fingerprint density at radius 2 is 2.17 bits per heavy atom. The van der Waals surface area contributed by atoms with Crippen LogP contribution in [-0.4, -0.2) is 75.4 Å². The normalized spacial score (nSPS) is 30.8. The highest BCUT2D eigenvalue weighted by Gasteiger charge is 2.47. The van der Waals surface area contributed by atoms with Gasteiger partial charge in [-0.2, -0.15) is 0 Å². The summed E-state index contributed by atoms with van der Waals surface area (Å²) < 4.78 is 12.1.